The molecule has 0 spiro atoms. The fraction of sp³-hybridized carbons (Fsp3) is 0.103. The van der Waals surface area contributed by atoms with Crippen LogP contribution in [0.1, 0.15) is 28.6 Å². The van der Waals surface area contributed by atoms with Gasteiger partial charge in [-0.2, -0.15) is 5.10 Å². The number of hydrogen-bond acceptors (Lipinski definition) is 5. The highest BCUT2D eigenvalue weighted by atomic mass is 35.5. The lowest BCUT2D eigenvalue weighted by Gasteiger charge is -2.12. The number of amides is 1. The van der Waals surface area contributed by atoms with E-state index in [9.17, 15) is 4.79 Å². The Hall–Kier alpha value is -4.29. The van der Waals surface area contributed by atoms with Crippen LogP contribution in [0.15, 0.2) is 94.4 Å². The maximum absolute atomic E-state index is 12.6. The highest BCUT2D eigenvalue weighted by molar-refractivity contribution is 6.30. The minimum Gasteiger partial charge on any atom is -0.490 e. The Labute approximate surface area is 213 Å². The molecule has 1 aromatic heterocycles. The van der Waals surface area contributed by atoms with Gasteiger partial charge >= 0.3 is 5.91 Å². The highest BCUT2D eigenvalue weighted by Gasteiger charge is 2.13. The van der Waals surface area contributed by atoms with Crippen LogP contribution in [0.2, 0.25) is 5.02 Å². The van der Waals surface area contributed by atoms with Gasteiger partial charge in [0.05, 0.1) is 12.8 Å². The Bertz CT molecular complexity index is 1560. The van der Waals surface area contributed by atoms with Gasteiger partial charge in [0.2, 0.25) is 0 Å². The first-order valence-electron chi connectivity index (χ1n) is 11.5. The molecule has 0 atom stereocenters. The average molecular weight is 499 g/mol. The van der Waals surface area contributed by atoms with Crippen molar-refractivity contribution in [3.8, 4) is 11.5 Å². The maximum atomic E-state index is 12.6. The summed E-state index contributed by atoms with van der Waals surface area (Å²) in [4.78, 5) is 12.6. The summed E-state index contributed by atoms with van der Waals surface area (Å²) in [5, 5.41) is 7.77. The summed E-state index contributed by atoms with van der Waals surface area (Å²) in [5.41, 5.74) is 4.92. The number of nitrogens with zero attached hydrogens (tertiary/aromatic N) is 1. The molecule has 1 N–H and O–H groups in total. The third kappa shape index (κ3) is 5.19. The molecule has 0 radical (unpaired) electrons. The van der Waals surface area contributed by atoms with Crippen molar-refractivity contribution in [2.75, 3.05) is 6.61 Å². The van der Waals surface area contributed by atoms with E-state index >= 15 is 0 Å². The molecule has 5 aromatic rings. The normalized spacial score (nSPS) is 11.3. The van der Waals surface area contributed by atoms with Crippen LogP contribution in [0.5, 0.6) is 11.5 Å². The SMILES string of the molecule is CCOc1cc(/C=N\NC(=O)c2cc3c(ccc4ccccc43)o2)ccc1OCc1ccc(Cl)cc1. The van der Waals surface area contributed by atoms with Crippen molar-refractivity contribution in [3.05, 3.63) is 107 Å². The molecule has 7 heteroatoms. The van der Waals surface area contributed by atoms with E-state index in [0.717, 1.165) is 27.3 Å². The number of carbonyl (C=O) groups excluding carboxylic acids is 1. The number of hydrazone groups is 1. The summed E-state index contributed by atoms with van der Waals surface area (Å²) in [7, 11) is 0. The standard InChI is InChI=1S/C29H23ClN2O4/c1-2-34-27-15-20(9-13-26(27)35-18-19-7-11-22(30)12-8-19)17-31-32-29(33)28-16-24-23-6-4-3-5-21(23)10-14-25(24)36-28/h3-17H,2,18H2,1H3,(H,32,33)/b31-17-. The molecular weight excluding hydrogens is 476 g/mol. The molecule has 0 aliphatic carbocycles. The van der Waals surface area contributed by atoms with Crippen LogP contribution in [0.4, 0.5) is 0 Å². The molecular formula is C29H23ClN2O4. The molecule has 4 aromatic carbocycles. The predicted octanol–water partition coefficient (Wildman–Crippen LogP) is 6.98. The molecule has 0 aliphatic heterocycles. The first kappa shape index (κ1) is 23.5. The zero-order chi connectivity index (χ0) is 24.9. The van der Waals surface area contributed by atoms with Crippen LogP contribution >= 0.6 is 11.6 Å². The zero-order valence-electron chi connectivity index (χ0n) is 19.5. The van der Waals surface area contributed by atoms with E-state index in [1.54, 1.807) is 12.3 Å². The van der Waals surface area contributed by atoms with Gasteiger partial charge in [-0.15, -0.1) is 0 Å². The molecule has 0 saturated heterocycles. The molecule has 0 fully saturated rings. The molecule has 0 unspecified atom stereocenters. The monoisotopic (exact) mass is 498 g/mol. The van der Waals surface area contributed by atoms with Gasteiger partial charge in [-0.25, -0.2) is 5.43 Å². The first-order chi connectivity index (χ1) is 17.6. The van der Waals surface area contributed by atoms with E-state index in [1.165, 1.54) is 0 Å². The number of fused-ring (bicyclic) bond motifs is 3. The Morgan fingerprint density at radius 2 is 1.78 bits per heavy atom. The summed E-state index contributed by atoms with van der Waals surface area (Å²) in [5.74, 6) is 0.965. The average Bonchev–Trinajstić information content (AvgIpc) is 3.35. The third-order valence-electron chi connectivity index (χ3n) is 5.60. The summed E-state index contributed by atoms with van der Waals surface area (Å²) in [6, 6.07) is 26.5. The molecule has 1 amide bonds. The second-order valence-electron chi connectivity index (χ2n) is 8.06. The van der Waals surface area contributed by atoms with Gasteiger partial charge in [-0.3, -0.25) is 4.79 Å². The number of hydrogen-bond donors (Lipinski definition) is 1. The Morgan fingerprint density at radius 1 is 0.944 bits per heavy atom. The van der Waals surface area contributed by atoms with E-state index in [4.69, 9.17) is 25.5 Å². The molecule has 5 rings (SSSR count). The van der Waals surface area contributed by atoms with E-state index in [1.807, 2.05) is 85.8 Å². The van der Waals surface area contributed by atoms with Gasteiger partial charge < -0.3 is 13.9 Å². The number of nitrogens with one attached hydrogen (secondary N) is 1. The number of carbonyl (C=O) groups is 1. The quantitative estimate of drug-likeness (QED) is 0.185. The van der Waals surface area contributed by atoms with Crippen LogP contribution in [0, 0.1) is 0 Å². The number of ether oxygens (including phenoxy) is 2. The highest BCUT2D eigenvalue weighted by Crippen LogP contribution is 2.30. The molecule has 0 aliphatic rings. The van der Waals surface area contributed by atoms with Gasteiger partial charge in [0.15, 0.2) is 17.3 Å². The second kappa shape index (κ2) is 10.5. The van der Waals surface area contributed by atoms with Crippen molar-refractivity contribution in [1.82, 2.24) is 5.43 Å². The van der Waals surface area contributed by atoms with Gasteiger partial charge in [0.25, 0.3) is 0 Å². The maximum Gasteiger partial charge on any atom is 0.307 e. The fourth-order valence-electron chi connectivity index (χ4n) is 3.86. The molecule has 0 saturated carbocycles. The van der Waals surface area contributed by atoms with Crippen LogP contribution in [0.3, 0.4) is 0 Å². The van der Waals surface area contributed by atoms with Crippen molar-refractivity contribution in [2.45, 2.75) is 13.5 Å². The molecule has 36 heavy (non-hydrogen) atoms. The van der Waals surface area contributed by atoms with Crippen molar-refractivity contribution in [3.63, 3.8) is 0 Å². The lowest BCUT2D eigenvalue weighted by atomic mass is 10.1. The minimum atomic E-state index is -0.431. The summed E-state index contributed by atoms with van der Waals surface area (Å²) >= 11 is 5.94. The van der Waals surface area contributed by atoms with Crippen molar-refractivity contribution >= 4 is 45.5 Å². The van der Waals surface area contributed by atoms with E-state index in [-0.39, 0.29) is 5.76 Å². The minimum absolute atomic E-state index is 0.194. The van der Waals surface area contributed by atoms with E-state index < -0.39 is 5.91 Å². The van der Waals surface area contributed by atoms with Crippen molar-refractivity contribution in [1.29, 1.82) is 0 Å². The second-order valence-corrected chi connectivity index (χ2v) is 8.50. The Kier molecular flexibility index (Phi) is 6.87. The van der Waals surface area contributed by atoms with Gasteiger partial charge in [-0.1, -0.05) is 54.1 Å². The van der Waals surface area contributed by atoms with E-state index in [0.29, 0.717) is 35.3 Å². The predicted molar refractivity (Wildman–Crippen MR) is 142 cm³/mol. The summed E-state index contributed by atoms with van der Waals surface area (Å²) in [6.45, 7) is 2.77. The number of benzene rings is 4. The van der Waals surface area contributed by atoms with Crippen LogP contribution in [0.25, 0.3) is 21.7 Å². The van der Waals surface area contributed by atoms with Gasteiger partial charge in [-0.05, 0) is 71.3 Å². The molecule has 0 bridgehead atoms. The Morgan fingerprint density at radius 3 is 2.61 bits per heavy atom. The van der Waals surface area contributed by atoms with Crippen molar-refractivity contribution < 1.29 is 18.7 Å². The largest absolute Gasteiger partial charge is 0.490 e. The summed E-state index contributed by atoms with van der Waals surface area (Å²) < 4.78 is 17.4. The van der Waals surface area contributed by atoms with E-state index in [2.05, 4.69) is 10.5 Å². The number of rotatable bonds is 8. The lowest BCUT2D eigenvalue weighted by Crippen LogP contribution is -2.16. The molecule has 180 valence electrons. The number of furan rings is 1. The zero-order valence-corrected chi connectivity index (χ0v) is 20.3. The fourth-order valence-corrected chi connectivity index (χ4v) is 3.99. The summed E-state index contributed by atoms with van der Waals surface area (Å²) in [6.07, 6.45) is 1.54. The van der Waals surface area contributed by atoms with Crippen LogP contribution in [-0.4, -0.2) is 18.7 Å². The molecule has 6 nitrogen and oxygen atoms in total. The topological polar surface area (TPSA) is 73.1 Å². The van der Waals surface area contributed by atoms with Crippen molar-refractivity contribution in [2.24, 2.45) is 5.10 Å². The smallest absolute Gasteiger partial charge is 0.307 e. The lowest BCUT2D eigenvalue weighted by molar-refractivity contribution is 0.0929. The third-order valence-corrected chi connectivity index (χ3v) is 5.86. The first-order valence-corrected chi connectivity index (χ1v) is 11.9. The van der Waals surface area contributed by atoms with Gasteiger partial charge in [0, 0.05) is 10.4 Å². The van der Waals surface area contributed by atoms with Crippen LogP contribution < -0.4 is 14.9 Å². The Balaban J connectivity index is 1.27. The number of halogens is 1. The molecule has 1 heterocycles. The van der Waals surface area contributed by atoms with Gasteiger partial charge in [0.1, 0.15) is 12.2 Å². The van der Waals surface area contributed by atoms with Crippen LogP contribution in [-0.2, 0) is 6.61 Å².